The van der Waals surface area contributed by atoms with Gasteiger partial charge in [0.05, 0.1) is 10.9 Å². The number of fused-ring (bicyclic) bond motifs is 1. The number of hydrogen-bond donors (Lipinski definition) is 1. The van der Waals surface area contributed by atoms with Crippen molar-refractivity contribution >= 4 is 55.7 Å². The molecule has 1 N–H and O–H groups in total. The number of aromatic nitrogens is 3. The van der Waals surface area contributed by atoms with Gasteiger partial charge in [-0.25, -0.2) is 15.0 Å². The number of thioether (sulfide) groups is 1. The summed E-state index contributed by atoms with van der Waals surface area (Å²) < 4.78 is 0. The van der Waals surface area contributed by atoms with Crippen molar-refractivity contribution in [2.75, 3.05) is 5.32 Å². The number of rotatable bonds is 5. The van der Waals surface area contributed by atoms with Gasteiger partial charge in [-0.05, 0) is 18.4 Å². The normalized spacial score (nSPS) is 12.2. The van der Waals surface area contributed by atoms with Crippen LogP contribution in [-0.4, -0.2) is 26.1 Å². The van der Waals surface area contributed by atoms with Crippen LogP contribution < -0.4 is 5.32 Å². The van der Waals surface area contributed by atoms with Crippen molar-refractivity contribution in [2.24, 2.45) is 0 Å². The quantitative estimate of drug-likeness (QED) is 0.381. The molecule has 0 saturated carbocycles. The number of carbonyl (C=O) groups is 1. The van der Waals surface area contributed by atoms with Crippen molar-refractivity contribution < 1.29 is 4.79 Å². The molecule has 3 aromatic heterocycles. The maximum atomic E-state index is 12.5. The lowest BCUT2D eigenvalue weighted by Crippen LogP contribution is -2.22. The van der Waals surface area contributed by atoms with Gasteiger partial charge in [0.25, 0.3) is 0 Å². The van der Waals surface area contributed by atoms with Gasteiger partial charge in [0.15, 0.2) is 5.13 Å². The van der Waals surface area contributed by atoms with Gasteiger partial charge < -0.3 is 5.32 Å². The summed E-state index contributed by atoms with van der Waals surface area (Å²) in [7, 11) is 0. The molecule has 4 rings (SSSR count). The van der Waals surface area contributed by atoms with Gasteiger partial charge in [0.2, 0.25) is 5.91 Å². The average molecular weight is 399 g/mol. The fraction of sp³-hybridized carbons (Fsp3) is 0.111. The van der Waals surface area contributed by atoms with Crippen LogP contribution in [0.3, 0.4) is 0 Å². The van der Waals surface area contributed by atoms with Crippen LogP contribution >= 0.6 is 34.4 Å². The number of thiazole rings is 1. The first-order valence-electron chi connectivity index (χ1n) is 7.87. The second-order valence-corrected chi connectivity index (χ2v) is 8.55. The standard InChI is InChI=1S/C18H14N4OS3/c1-11(26-17-13-7-8-24-16(13)19-10-20-17)15(23)22-18-21-14(9-25-18)12-5-3-2-4-6-12/h2-11H,1H3,(H,21,22,23). The lowest BCUT2D eigenvalue weighted by molar-refractivity contribution is -0.115. The average Bonchev–Trinajstić information content (AvgIpc) is 3.32. The molecule has 3 heterocycles. The summed E-state index contributed by atoms with van der Waals surface area (Å²) in [5.74, 6) is -0.0917. The number of carbonyl (C=O) groups excluding carboxylic acids is 1. The highest BCUT2D eigenvalue weighted by Crippen LogP contribution is 2.31. The van der Waals surface area contributed by atoms with Crippen molar-refractivity contribution in [3.63, 3.8) is 0 Å². The Balaban J connectivity index is 1.45. The SMILES string of the molecule is CC(Sc1ncnc2sccc12)C(=O)Nc1nc(-c2ccccc2)cs1. The zero-order chi connectivity index (χ0) is 17.9. The Morgan fingerprint density at radius 3 is 2.85 bits per heavy atom. The second-order valence-electron chi connectivity index (χ2n) is 5.47. The molecule has 4 aromatic rings. The Labute approximate surface area is 162 Å². The molecule has 1 unspecified atom stereocenters. The number of nitrogens with one attached hydrogen (secondary N) is 1. The third-order valence-corrected chi connectivity index (χ3v) is 6.38. The molecule has 0 radical (unpaired) electrons. The molecule has 130 valence electrons. The van der Waals surface area contributed by atoms with E-state index in [0.29, 0.717) is 5.13 Å². The molecule has 8 heteroatoms. The van der Waals surface area contributed by atoms with Gasteiger partial charge in [-0.1, -0.05) is 42.1 Å². The van der Waals surface area contributed by atoms with E-state index in [2.05, 4.69) is 20.3 Å². The number of nitrogens with zero attached hydrogens (tertiary/aromatic N) is 3. The highest BCUT2D eigenvalue weighted by Gasteiger charge is 2.18. The molecule has 0 aliphatic rings. The lowest BCUT2D eigenvalue weighted by Gasteiger charge is -2.10. The Kier molecular flexibility index (Phi) is 4.96. The van der Waals surface area contributed by atoms with Gasteiger partial charge in [0, 0.05) is 16.3 Å². The van der Waals surface area contributed by atoms with Crippen molar-refractivity contribution in [3.05, 3.63) is 53.5 Å². The van der Waals surface area contributed by atoms with Crippen LogP contribution in [0.1, 0.15) is 6.92 Å². The van der Waals surface area contributed by atoms with Gasteiger partial charge in [-0.15, -0.1) is 22.7 Å². The number of thiophene rings is 1. The minimum Gasteiger partial charge on any atom is -0.301 e. The molecular formula is C18H14N4OS3. The lowest BCUT2D eigenvalue weighted by atomic mass is 10.2. The van der Waals surface area contributed by atoms with E-state index in [9.17, 15) is 4.79 Å². The molecule has 1 amide bonds. The van der Waals surface area contributed by atoms with Gasteiger partial charge in [-0.3, -0.25) is 4.79 Å². The van der Waals surface area contributed by atoms with E-state index >= 15 is 0 Å². The molecule has 0 spiro atoms. The first-order valence-corrected chi connectivity index (χ1v) is 10.5. The van der Waals surface area contributed by atoms with Crippen LogP contribution in [0.5, 0.6) is 0 Å². The summed E-state index contributed by atoms with van der Waals surface area (Å²) in [6.45, 7) is 1.87. The van der Waals surface area contributed by atoms with E-state index < -0.39 is 0 Å². The van der Waals surface area contributed by atoms with Crippen molar-refractivity contribution in [1.29, 1.82) is 0 Å². The Hall–Kier alpha value is -2.29. The van der Waals surface area contributed by atoms with Crippen LogP contribution in [0.4, 0.5) is 5.13 Å². The first kappa shape index (κ1) is 17.1. The predicted molar refractivity (Wildman–Crippen MR) is 109 cm³/mol. The van der Waals surface area contributed by atoms with Crippen molar-refractivity contribution in [2.45, 2.75) is 17.2 Å². The van der Waals surface area contributed by atoms with Gasteiger partial charge >= 0.3 is 0 Å². The molecule has 1 aromatic carbocycles. The van der Waals surface area contributed by atoms with E-state index in [4.69, 9.17) is 0 Å². The Morgan fingerprint density at radius 1 is 1.15 bits per heavy atom. The number of amides is 1. The van der Waals surface area contributed by atoms with Crippen LogP contribution in [0.2, 0.25) is 0 Å². The fourth-order valence-electron chi connectivity index (χ4n) is 2.36. The van der Waals surface area contributed by atoms with Crippen LogP contribution in [0.25, 0.3) is 21.5 Å². The largest absolute Gasteiger partial charge is 0.301 e. The molecule has 0 aliphatic carbocycles. The van der Waals surface area contributed by atoms with E-state index in [1.807, 2.05) is 54.1 Å². The van der Waals surface area contributed by atoms with Gasteiger partial charge in [0.1, 0.15) is 16.2 Å². The van der Waals surface area contributed by atoms with E-state index in [-0.39, 0.29) is 11.2 Å². The van der Waals surface area contributed by atoms with Crippen LogP contribution in [-0.2, 0) is 4.79 Å². The molecule has 0 fully saturated rings. The van der Waals surface area contributed by atoms with Crippen molar-refractivity contribution in [1.82, 2.24) is 15.0 Å². The van der Waals surface area contributed by atoms with E-state index in [0.717, 1.165) is 26.5 Å². The molecule has 0 aliphatic heterocycles. The minimum atomic E-state index is -0.294. The van der Waals surface area contributed by atoms with E-state index in [1.54, 1.807) is 17.7 Å². The minimum absolute atomic E-state index is 0.0917. The molecule has 26 heavy (non-hydrogen) atoms. The first-order chi connectivity index (χ1) is 12.7. The highest BCUT2D eigenvalue weighted by molar-refractivity contribution is 8.00. The summed E-state index contributed by atoms with van der Waals surface area (Å²) in [5, 5.41) is 8.95. The van der Waals surface area contributed by atoms with Crippen molar-refractivity contribution in [3.8, 4) is 11.3 Å². The summed E-state index contributed by atoms with van der Waals surface area (Å²) in [5.41, 5.74) is 1.90. The van der Waals surface area contributed by atoms with Gasteiger partial charge in [-0.2, -0.15) is 0 Å². The molecule has 0 saturated heterocycles. The smallest absolute Gasteiger partial charge is 0.239 e. The number of hydrogen-bond acceptors (Lipinski definition) is 7. The molecule has 5 nitrogen and oxygen atoms in total. The van der Waals surface area contributed by atoms with Crippen LogP contribution in [0, 0.1) is 0 Å². The third-order valence-electron chi connectivity index (χ3n) is 3.69. The monoisotopic (exact) mass is 398 g/mol. The Bertz CT molecular complexity index is 1040. The maximum Gasteiger partial charge on any atom is 0.239 e. The third kappa shape index (κ3) is 3.62. The molecule has 1 atom stereocenters. The highest BCUT2D eigenvalue weighted by atomic mass is 32.2. The zero-order valence-corrected chi connectivity index (χ0v) is 16.2. The molecular weight excluding hydrogens is 384 g/mol. The fourth-order valence-corrected chi connectivity index (χ4v) is 4.78. The summed E-state index contributed by atoms with van der Waals surface area (Å²) >= 11 is 4.42. The summed E-state index contributed by atoms with van der Waals surface area (Å²) in [4.78, 5) is 26.5. The maximum absolute atomic E-state index is 12.5. The summed E-state index contributed by atoms with van der Waals surface area (Å²) in [6, 6.07) is 11.9. The second kappa shape index (κ2) is 7.53. The van der Waals surface area contributed by atoms with Crippen LogP contribution in [0.15, 0.2) is 58.5 Å². The number of benzene rings is 1. The molecule has 0 bridgehead atoms. The zero-order valence-electron chi connectivity index (χ0n) is 13.7. The topological polar surface area (TPSA) is 67.8 Å². The predicted octanol–water partition coefficient (Wildman–Crippen LogP) is 4.93. The Morgan fingerprint density at radius 2 is 2.00 bits per heavy atom. The summed E-state index contributed by atoms with van der Waals surface area (Å²) in [6.07, 6.45) is 1.54. The number of anilines is 1. The van der Waals surface area contributed by atoms with E-state index in [1.165, 1.54) is 23.1 Å².